The lowest BCUT2D eigenvalue weighted by Crippen LogP contribution is -2.52. The summed E-state index contributed by atoms with van der Waals surface area (Å²) in [5.41, 5.74) is 3.00. The minimum absolute atomic E-state index is 0.121. The predicted molar refractivity (Wildman–Crippen MR) is 111 cm³/mol. The van der Waals surface area contributed by atoms with E-state index in [9.17, 15) is 9.59 Å². The van der Waals surface area contributed by atoms with Crippen LogP contribution in [-0.4, -0.2) is 41.2 Å². The Balaban J connectivity index is 1.69. The molecule has 4 rings (SSSR count). The van der Waals surface area contributed by atoms with Crippen LogP contribution in [0.2, 0.25) is 5.02 Å². The van der Waals surface area contributed by atoms with Crippen molar-refractivity contribution in [3.05, 3.63) is 71.8 Å². The molecule has 1 heterocycles. The molecule has 2 fully saturated rings. The van der Waals surface area contributed by atoms with Crippen LogP contribution in [0, 0.1) is 5.92 Å². The van der Waals surface area contributed by atoms with Crippen LogP contribution in [0.15, 0.2) is 61.2 Å². The first-order valence-corrected chi connectivity index (χ1v) is 10.0. The third-order valence-corrected chi connectivity index (χ3v) is 5.71. The molecule has 1 aliphatic heterocycles. The number of carbonyl (C=O) groups excluding carboxylic acids is 2. The molecule has 2 aliphatic rings. The van der Waals surface area contributed by atoms with Crippen LogP contribution in [0.25, 0.3) is 11.1 Å². The minimum atomic E-state index is -0.233. The van der Waals surface area contributed by atoms with Crippen LogP contribution in [0.4, 0.5) is 0 Å². The van der Waals surface area contributed by atoms with Gasteiger partial charge in [-0.2, -0.15) is 0 Å². The SMILES string of the molecule is C=CC(=O)N1CCN(C(=O)C2CC2)C[C@H]1c1cc(Cl)cc(-c2ccccc2)c1. The van der Waals surface area contributed by atoms with E-state index >= 15 is 0 Å². The largest absolute Gasteiger partial charge is 0.338 e. The van der Waals surface area contributed by atoms with Gasteiger partial charge in [0, 0.05) is 30.6 Å². The first-order valence-electron chi connectivity index (χ1n) is 9.64. The van der Waals surface area contributed by atoms with Crippen molar-refractivity contribution >= 4 is 23.4 Å². The van der Waals surface area contributed by atoms with E-state index in [1.54, 1.807) is 4.90 Å². The van der Waals surface area contributed by atoms with Crippen LogP contribution in [0.3, 0.4) is 0 Å². The third kappa shape index (κ3) is 3.83. The zero-order valence-corrected chi connectivity index (χ0v) is 16.4. The minimum Gasteiger partial charge on any atom is -0.338 e. The van der Waals surface area contributed by atoms with Crippen molar-refractivity contribution in [3.8, 4) is 11.1 Å². The van der Waals surface area contributed by atoms with E-state index < -0.39 is 0 Å². The Morgan fingerprint density at radius 1 is 1.04 bits per heavy atom. The molecular weight excluding hydrogens is 372 g/mol. The zero-order chi connectivity index (χ0) is 19.7. The molecule has 2 aromatic carbocycles. The summed E-state index contributed by atoms with van der Waals surface area (Å²) in [6.45, 7) is 5.20. The summed E-state index contributed by atoms with van der Waals surface area (Å²) in [6, 6.07) is 15.7. The van der Waals surface area contributed by atoms with Gasteiger partial charge in [0.2, 0.25) is 11.8 Å². The van der Waals surface area contributed by atoms with Gasteiger partial charge in [-0.3, -0.25) is 9.59 Å². The van der Waals surface area contributed by atoms with E-state index in [2.05, 4.69) is 12.6 Å². The monoisotopic (exact) mass is 394 g/mol. The molecule has 0 spiro atoms. The summed E-state index contributed by atoms with van der Waals surface area (Å²) in [5.74, 6) is 0.257. The molecule has 1 aliphatic carbocycles. The fourth-order valence-corrected chi connectivity index (χ4v) is 4.08. The molecule has 1 atom stereocenters. The molecule has 1 saturated carbocycles. The van der Waals surface area contributed by atoms with Gasteiger partial charge in [0.15, 0.2) is 0 Å². The molecule has 144 valence electrons. The third-order valence-electron chi connectivity index (χ3n) is 5.49. The molecular formula is C23H23ClN2O2. The molecule has 2 amide bonds. The second-order valence-corrected chi connectivity index (χ2v) is 7.89. The average Bonchev–Trinajstić information content (AvgIpc) is 3.58. The van der Waals surface area contributed by atoms with Gasteiger partial charge in [-0.15, -0.1) is 0 Å². The van der Waals surface area contributed by atoms with E-state index in [0.717, 1.165) is 29.5 Å². The number of hydrogen-bond donors (Lipinski definition) is 0. The summed E-state index contributed by atoms with van der Waals surface area (Å²) in [6.07, 6.45) is 3.29. The van der Waals surface area contributed by atoms with Gasteiger partial charge in [0.05, 0.1) is 6.04 Å². The van der Waals surface area contributed by atoms with Crippen LogP contribution in [0.1, 0.15) is 24.4 Å². The van der Waals surface area contributed by atoms with Crippen molar-refractivity contribution < 1.29 is 9.59 Å². The van der Waals surface area contributed by atoms with Crippen LogP contribution in [0.5, 0.6) is 0 Å². The van der Waals surface area contributed by atoms with Crippen molar-refractivity contribution in [2.75, 3.05) is 19.6 Å². The number of amides is 2. The number of halogens is 1. The van der Waals surface area contributed by atoms with Crippen LogP contribution < -0.4 is 0 Å². The van der Waals surface area contributed by atoms with Crippen molar-refractivity contribution in [2.45, 2.75) is 18.9 Å². The van der Waals surface area contributed by atoms with Gasteiger partial charge < -0.3 is 9.80 Å². The molecule has 4 nitrogen and oxygen atoms in total. The van der Waals surface area contributed by atoms with E-state index in [-0.39, 0.29) is 23.8 Å². The normalized spacial score (nSPS) is 19.4. The predicted octanol–water partition coefficient (Wildman–Crippen LogP) is 4.31. The summed E-state index contributed by atoms with van der Waals surface area (Å²) in [4.78, 5) is 28.8. The van der Waals surface area contributed by atoms with E-state index in [0.29, 0.717) is 24.7 Å². The Kier molecular flexibility index (Phi) is 5.23. The Bertz CT molecular complexity index is 908. The lowest BCUT2D eigenvalue weighted by molar-refractivity contribution is -0.141. The smallest absolute Gasteiger partial charge is 0.246 e. The molecule has 1 saturated heterocycles. The lowest BCUT2D eigenvalue weighted by Gasteiger charge is -2.41. The Hall–Kier alpha value is -2.59. The second-order valence-electron chi connectivity index (χ2n) is 7.45. The van der Waals surface area contributed by atoms with Crippen LogP contribution >= 0.6 is 11.6 Å². The Labute approximate surface area is 170 Å². The highest BCUT2D eigenvalue weighted by molar-refractivity contribution is 6.31. The highest BCUT2D eigenvalue weighted by Gasteiger charge is 2.38. The summed E-state index contributed by atoms with van der Waals surface area (Å²) in [7, 11) is 0. The number of hydrogen-bond acceptors (Lipinski definition) is 2. The summed E-state index contributed by atoms with van der Waals surface area (Å²) < 4.78 is 0. The number of nitrogens with zero attached hydrogens (tertiary/aromatic N) is 2. The maximum atomic E-state index is 12.6. The molecule has 0 bridgehead atoms. The van der Waals surface area contributed by atoms with E-state index in [1.165, 1.54) is 6.08 Å². The highest BCUT2D eigenvalue weighted by atomic mass is 35.5. The van der Waals surface area contributed by atoms with Crippen molar-refractivity contribution in [1.29, 1.82) is 0 Å². The average molecular weight is 395 g/mol. The van der Waals surface area contributed by atoms with Gasteiger partial charge in [0.1, 0.15) is 0 Å². The summed E-state index contributed by atoms with van der Waals surface area (Å²) >= 11 is 6.44. The lowest BCUT2D eigenvalue weighted by atomic mass is 9.96. The van der Waals surface area contributed by atoms with Gasteiger partial charge in [0.25, 0.3) is 0 Å². The Morgan fingerprint density at radius 3 is 2.46 bits per heavy atom. The van der Waals surface area contributed by atoms with Gasteiger partial charge >= 0.3 is 0 Å². The molecule has 0 N–H and O–H groups in total. The molecule has 0 unspecified atom stereocenters. The molecule has 28 heavy (non-hydrogen) atoms. The van der Waals surface area contributed by atoms with Gasteiger partial charge in [-0.05, 0) is 53.8 Å². The fraction of sp³-hybridized carbons (Fsp3) is 0.304. The first-order chi connectivity index (χ1) is 13.6. The van der Waals surface area contributed by atoms with Crippen molar-refractivity contribution in [1.82, 2.24) is 9.80 Å². The first kappa shape index (κ1) is 18.8. The van der Waals surface area contributed by atoms with Gasteiger partial charge in [-0.1, -0.05) is 48.5 Å². The molecule has 0 radical (unpaired) electrons. The van der Waals surface area contributed by atoms with E-state index in [4.69, 9.17) is 11.6 Å². The molecule has 5 heteroatoms. The maximum absolute atomic E-state index is 12.6. The Morgan fingerprint density at radius 2 is 1.79 bits per heavy atom. The summed E-state index contributed by atoms with van der Waals surface area (Å²) in [5, 5.41) is 0.619. The molecule has 2 aromatic rings. The topological polar surface area (TPSA) is 40.6 Å². The highest BCUT2D eigenvalue weighted by Crippen LogP contribution is 2.35. The van der Waals surface area contributed by atoms with Crippen molar-refractivity contribution in [2.24, 2.45) is 5.92 Å². The number of benzene rings is 2. The quantitative estimate of drug-likeness (QED) is 0.725. The van der Waals surface area contributed by atoms with Crippen molar-refractivity contribution in [3.63, 3.8) is 0 Å². The van der Waals surface area contributed by atoms with Gasteiger partial charge in [-0.25, -0.2) is 0 Å². The fourth-order valence-electron chi connectivity index (χ4n) is 3.84. The van der Waals surface area contributed by atoms with Crippen LogP contribution in [-0.2, 0) is 9.59 Å². The zero-order valence-electron chi connectivity index (χ0n) is 15.7. The number of carbonyl (C=O) groups is 2. The number of rotatable bonds is 4. The van der Waals surface area contributed by atoms with E-state index in [1.807, 2.05) is 47.4 Å². The standard InChI is InChI=1S/C23H23ClN2O2/c1-2-22(27)26-11-10-25(23(28)17-8-9-17)15-21(26)19-12-18(13-20(24)14-19)16-6-4-3-5-7-16/h2-7,12-14,17,21H,1,8-11,15H2/t21-/m0/s1. The maximum Gasteiger partial charge on any atom is 0.246 e. The number of piperazine rings is 1. The molecule has 0 aromatic heterocycles. The second kappa shape index (κ2) is 7.80.